The van der Waals surface area contributed by atoms with E-state index >= 15 is 0 Å². The van der Waals surface area contributed by atoms with Gasteiger partial charge in [-0.15, -0.1) is 0 Å². The number of hydrogen-bond donors (Lipinski definition) is 1. The number of carbonyl (C=O) groups excluding carboxylic acids is 1. The molecule has 1 aliphatic rings. The maximum absolute atomic E-state index is 11.0. The summed E-state index contributed by atoms with van der Waals surface area (Å²) < 4.78 is 0. The number of nitrogens with zero attached hydrogens (tertiary/aromatic N) is 1. The summed E-state index contributed by atoms with van der Waals surface area (Å²) in [6.07, 6.45) is 0.292. The second-order valence-electron chi connectivity index (χ2n) is 3.22. The average molecular weight is 198 g/mol. The maximum Gasteiger partial charge on any atom is 0.238 e. The highest BCUT2D eigenvalue weighted by molar-refractivity contribution is 6.13. The summed E-state index contributed by atoms with van der Waals surface area (Å²) in [7, 11) is 0. The summed E-state index contributed by atoms with van der Waals surface area (Å²) in [5.41, 5.74) is 1.78. The van der Waals surface area contributed by atoms with Crippen LogP contribution < -0.4 is 5.32 Å². The summed E-state index contributed by atoms with van der Waals surface area (Å²) in [5.74, 6) is 2.70. The third-order valence-electron chi connectivity index (χ3n) is 2.03. The molecule has 0 fully saturated rings. The van der Waals surface area contributed by atoms with Gasteiger partial charge in [0.05, 0.1) is 18.7 Å². The molecule has 1 amide bonds. The largest absolute Gasteiger partial charge is 0.284 e. The number of hydrogen-bond acceptors (Lipinski definition) is 2. The van der Waals surface area contributed by atoms with E-state index in [2.05, 4.69) is 22.3 Å². The lowest BCUT2D eigenvalue weighted by Gasteiger charge is -2.03. The SMILES string of the molecule is O=C1CC(=NCc2ccccc2)C#CN1. The van der Waals surface area contributed by atoms with Crippen molar-refractivity contribution in [1.29, 1.82) is 0 Å². The summed E-state index contributed by atoms with van der Waals surface area (Å²) in [5, 5.41) is 2.43. The first-order valence-electron chi connectivity index (χ1n) is 4.72. The molecule has 0 aliphatic carbocycles. The highest BCUT2D eigenvalue weighted by Gasteiger charge is 2.07. The number of nitrogens with one attached hydrogen (secondary N) is 1. The fraction of sp³-hybridized carbons (Fsp3) is 0.167. The van der Waals surface area contributed by atoms with Crippen molar-refractivity contribution in [2.45, 2.75) is 13.0 Å². The third-order valence-corrected chi connectivity index (χ3v) is 2.03. The van der Waals surface area contributed by atoms with E-state index in [4.69, 9.17) is 0 Å². The van der Waals surface area contributed by atoms with E-state index in [1.165, 1.54) is 0 Å². The summed E-state index contributed by atoms with van der Waals surface area (Å²) in [6, 6.07) is 12.4. The Bertz CT molecular complexity index is 452. The van der Waals surface area contributed by atoms with Gasteiger partial charge in [0.25, 0.3) is 0 Å². The van der Waals surface area contributed by atoms with Crippen molar-refractivity contribution >= 4 is 11.6 Å². The van der Waals surface area contributed by atoms with Crippen molar-refractivity contribution in [3.63, 3.8) is 0 Å². The van der Waals surface area contributed by atoms with Crippen molar-refractivity contribution in [3.8, 4) is 12.0 Å². The minimum absolute atomic E-state index is 0.0828. The van der Waals surface area contributed by atoms with Gasteiger partial charge in [0, 0.05) is 6.04 Å². The van der Waals surface area contributed by atoms with Gasteiger partial charge in [-0.1, -0.05) is 30.3 Å². The van der Waals surface area contributed by atoms with E-state index in [0.717, 1.165) is 5.56 Å². The Morgan fingerprint density at radius 3 is 2.87 bits per heavy atom. The van der Waals surface area contributed by atoms with E-state index in [1.807, 2.05) is 30.3 Å². The molecule has 1 aromatic carbocycles. The molecule has 0 atom stereocenters. The van der Waals surface area contributed by atoms with Gasteiger partial charge in [-0.25, -0.2) is 0 Å². The van der Waals surface area contributed by atoms with E-state index in [1.54, 1.807) is 0 Å². The predicted molar refractivity (Wildman–Crippen MR) is 58.1 cm³/mol. The number of amides is 1. The molecule has 0 spiro atoms. The van der Waals surface area contributed by atoms with Crippen LogP contribution in [0.5, 0.6) is 0 Å². The van der Waals surface area contributed by atoms with Crippen LogP contribution in [0.1, 0.15) is 12.0 Å². The van der Waals surface area contributed by atoms with Crippen molar-refractivity contribution in [2.24, 2.45) is 4.99 Å². The Morgan fingerprint density at radius 1 is 1.33 bits per heavy atom. The molecule has 0 saturated carbocycles. The molecule has 74 valence electrons. The highest BCUT2D eigenvalue weighted by Crippen LogP contribution is 2.01. The van der Waals surface area contributed by atoms with Crippen molar-refractivity contribution < 1.29 is 4.79 Å². The van der Waals surface area contributed by atoms with Gasteiger partial charge in [0.1, 0.15) is 0 Å². The molecule has 15 heavy (non-hydrogen) atoms. The predicted octanol–water partition coefficient (Wildman–Crippen LogP) is 1.11. The smallest absolute Gasteiger partial charge is 0.238 e. The van der Waals surface area contributed by atoms with Crippen LogP contribution in [0.2, 0.25) is 0 Å². The molecule has 0 radical (unpaired) electrons. The summed E-state index contributed by atoms with van der Waals surface area (Å²) >= 11 is 0. The maximum atomic E-state index is 11.0. The quantitative estimate of drug-likeness (QED) is 0.710. The first kappa shape index (κ1) is 9.47. The zero-order valence-electron chi connectivity index (χ0n) is 8.16. The molecule has 0 aromatic heterocycles. The minimum atomic E-state index is -0.0828. The van der Waals surface area contributed by atoms with Gasteiger partial charge in [-0.2, -0.15) is 0 Å². The van der Waals surface area contributed by atoms with Gasteiger partial charge in [0.2, 0.25) is 5.91 Å². The summed E-state index contributed by atoms with van der Waals surface area (Å²) in [4.78, 5) is 15.3. The van der Waals surface area contributed by atoms with E-state index < -0.39 is 0 Å². The fourth-order valence-corrected chi connectivity index (χ4v) is 1.28. The summed E-state index contributed by atoms with van der Waals surface area (Å²) in [6.45, 7) is 0.581. The van der Waals surface area contributed by atoms with E-state index in [-0.39, 0.29) is 5.91 Å². The molecule has 3 nitrogen and oxygen atoms in total. The zero-order chi connectivity index (χ0) is 10.5. The van der Waals surface area contributed by atoms with Gasteiger partial charge in [-0.05, 0) is 11.5 Å². The third kappa shape index (κ3) is 2.68. The Hall–Kier alpha value is -2.08. The van der Waals surface area contributed by atoms with E-state index in [0.29, 0.717) is 18.7 Å². The number of carbonyl (C=O) groups is 1. The average Bonchev–Trinajstić information content (AvgIpc) is 2.28. The normalized spacial score (nSPS) is 16.8. The monoisotopic (exact) mass is 198 g/mol. The molecule has 1 aromatic rings. The molecule has 1 heterocycles. The number of rotatable bonds is 2. The van der Waals surface area contributed by atoms with Crippen molar-refractivity contribution in [3.05, 3.63) is 35.9 Å². The lowest BCUT2D eigenvalue weighted by molar-refractivity contribution is -0.118. The lowest BCUT2D eigenvalue weighted by Crippen LogP contribution is -2.24. The van der Waals surface area contributed by atoms with Crippen LogP contribution >= 0.6 is 0 Å². The Kier molecular flexibility index (Phi) is 2.80. The van der Waals surface area contributed by atoms with Crippen molar-refractivity contribution in [1.82, 2.24) is 5.32 Å². The fourth-order valence-electron chi connectivity index (χ4n) is 1.28. The first-order valence-corrected chi connectivity index (χ1v) is 4.72. The Balaban J connectivity index is 2.05. The topological polar surface area (TPSA) is 41.5 Å². The molecule has 1 N–H and O–H groups in total. The van der Waals surface area contributed by atoms with Gasteiger partial charge >= 0.3 is 0 Å². The second kappa shape index (κ2) is 4.43. The number of benzene rings is 1. The van der Waals surface area contributed by atoms with Crippen LogP contribution in [0.4, 0.5) is 0 Å². The molecule has 0 saturated heterocycles. The first-order chi connectivity index (χ1) is 7.34. The molecule has 0 bridgehead atoms. The lowest BCUT2D eigenvalue weighted by atomic mass is 10.2. The minimum Gasteiger partial charge on any atom is -0.284 e. The second-order valence-corrected chi connectivity index (χ2v) is 3.22. The van der Waals surface area contributed by atoms with E-state index in [9.17, 15) is 4.79 Å². The van der Waals surface area contributed by atoms with Gasteiger partial charge < -0.3 is 0 Å². The Morgan fingerprint density at radius 2 is 2.13 bits per heavy atom. The number of aliphatic imine (C=N–C) groups is 1. The molecule has 2 rings (SSSR count). The van der Waals surface area contributed by atoms with Crippen LogP contribution in [0.3, 0.4) is 0 Å². The Labute approximate surface area is 88.2 Å². The molecule has 1 aliphatic heterocycles. The molecular weight excluding hydrogens is 188 g/mol. The van der Waals surface area contributed by atoms with Gasteiger partial charge in [-0.3, -0.25) is 15.1 Å². The van der Waals surface area contributed by atoms with Crippen LogP contribution in [0.15, 0.2) is 35.3 Å². The molecule has 3 heteroatoms. The molecular formula is C12H10N2O. The zero-order valence-corrected chi connectivity index (χ0v) is 8.16. The van der Waals surface area contributed by atoms with Crippen molar-refractivity contribution in [2.75, 3.05) is 0 Å². The van der Waals surface area contributed by atoms with Crippen LogP contribution in [0.25, 0.3) is 0 Å². The van der Waals surface area contributed by atoms with Crippen LogP contribution in [-0.2, 0) is 11.3 Å². The highest BCUT2D eigenvalue weighted by atomic mass is 16.1. The van der Waals surface area contributed by atoms with Gasteiger partial charge in [0.15, 0.2) is 0 Å². The standard InChI is InChI=1S/C12H10N2O/c15-12-8-11(6-7-13-12)14-9-10-4-2-1-3-5-10/h1-5H,8-9H2,(H,13,15). The van der Waals surface area contributed by atoms with Crippen LogP contribution in [-0.4, -0.2) is 11.6 Å². The molecule has 0 unspecified atom stereocenters. The van der Waals surface area contributed by atoms with Crippen LogP contribution in [0, 0.1) is 12.0 Å².